The van der Waals surface area contributed by atoms with Crippen LogP contribution < -0.4 is 0 Å². The van der Waals surface area contributed by atoms with Gasteiger partial charge in [0.1, 0.15) is 5.01 Å². The van der Waals surface area contributed by atoms with Gasteiger partial charge in [-0.15, -0.1) is 10.2 Å². The molecular weight excluding hydrogens is 286 g/mol. The van der Waals surface area contributed by atoms with Gasteiger partial charge in [-0.2, -0.15) is 0 Å². The molecule has 0 bridgehead atoms. The van der Waals surface area contributed by atoms with Gasteiger partial charge in [0, 0.05) is 11.0 Å². The minimum absolute atomic E-state index is 0.108. The summed E-state index contributed by atoms with van der Waals surface area (Å²) in [7, 11) is 0. The highest BCUT2D eigenvalue weighted by Crippen LogP contribution is 2.32. The molecule has 0 aliphatic rings. The Labute approximate surface area is 117 Å². The van der Waals surface area contributed by atoms with Gasteiger partial charge in [0.2, 0.25) is 0 Å². The van der Waals surface area contributed by atoms with E-state index in [0.717, 1.165) is 14.2 Å². The van der Waals surface area contributed by atoms with Crippen molar-refractivity contribution in [3.05, 3.63) is 38.9 Å². The summed E-state index contributed by atoms with van der Waals surface area (Å²) in [4.78, 5) is 22.4. The van der Waals surface area contributed by atoms with Crippen molar-refractivity contribution < 1.29 is 9.72 Å². The first kappa shape index (κ1) is 13.6. The van der Waals surface area contributed by atoms with Crippen molar-refractivity contribution in [2.75, 3.05) is 0 Å². The van der Waals surface area contributed by atoms with Crippen LogP contribution in [0.4, 0.5) is 5.69 Å². The third kappa shape index (κ3) is 3.15. The number of carbonyl (C=O) groups is 1. The zero-order valence-corrected chi connectivity index (χ0v) is 11.7. The maximum atomic E-state index is 11.4. The molecule has 0 atom stereocenters. The summed E-state index contributed by atoms with van der Waals surface area (Å²) >= 11 is 2.76. The minimum atomic E-state index is -0.555. The molecule has 0 saturated heterocycles. The van der Waals surface area contributed by atoms with Crippen LogP contribution in [-0.4, -0.2) is 20.9 Å². The number of aromatic nitrogens is 2. The Bertz CT molecular complexity index is 654. The average Bonchev–Trinajstić information content (AvgIpc) is 2.74. The molecule has 2 rings (SSSR count). The molecule has 1 aromatic heterocycles. The van der Waals surface area contributed by atoms with Crippen LogP contribution in [0.2, 0.25) is 0 Å². The highest BCUT2D eigenvalue weighted by atomic mass is 32.2. The summed E-state index contributed by atoms with van der Waals surface area (Å²) in [6, 6.07) is 4.46. The van der Waals surface area contributed by atoms with Gasteiger partial charge in [-0.05, 0) is 26.0 Å². The second-order valence-corrected chi connectivity index (χ2v) is 6.18. The monoisotopic (exact) mass is 295 g/mol. The molecule has 0 spiro atoms. The first-order valence-corrected chi connectivity index (χ1v) is 6.88. The van der Waals surface area contributed by atoms with Gasteiger partial charge >= 0.3 is 0 Å². The van der Waals surface area contributed by atoms with E-state index in [-0.39, 0.29) is 17.0 Å². The molecule has 1 heterocycles. The fraction of sp³-hybridized carbons (Fsp3) is 0.182. The summed E-state index contributed by atoms with van der Waals surface area (Å²) in [5.74, 6) is -0.331. The molecule has 6 nitrogen and oxygen atoms in total. The second-order valence-electron chi connectivity index (χ2n) is 3.68. The van der Waals surface area contributed by atoms with Crippen molar-refractivity contribution in [3.8, 4) is 0 Å². The van der Waals surface area contributed by atoms with Gasteiger partial charge in [0.05, 0.1) is 10.5 Å². The van der Waals surface area contributed by atoms with Crippen LogP contribution in [-0.2, 0) is 0 Å². The zero-order chi connectivity index (χ0) is 14.0. The van der Waals surface area contributed by atoms with Crippen LogP contribution in [0.5, 0.6) is 0 Å². The summed E-state index contributed by atoms with van der Waals surface area (Å²) in [5.41, 5.74) is -0.0680. The summed E-state index contributed by atoms with van der Waals surface area (Å²) in [6.45, 7) is 3.16. The van der Waals surface area contributed by atoms with Gasteiger partial charge in [0.15, 0.2) is 10.1 Å². The van der Waals surface area contributed by atoms with Gasteiger partial charge in [0.25, 0.3) is 5.69 Å². The molecule has 0 amide bonds. The first-order chi connectivity index (χ1) is 8.97. The largest absolute Gasteiger partial charge is 0.294 e. The van der Waals surface area contributed by atoms with E-state index >= 15 is 0 Å². The number of carbonyl (C=O) groups excluding carboxylic acids is 1. The average molecular weight is 295 g/mol. The van der Waals surface area contributed by atoms with Crippen molar-refractivity contribution in [2.45, 2.75) is 23.1 Å². The Balaban J connectivity index is 2.35. The van der Waals surface area contributed by atoms with Crippen LogP contribution in [0.25, 0.3) is 0 Å². The number of ketones is 1. The molecule has 0 fully saturated rings. The van der Waals surface area contributed by atoms with Gasteiger partial charge in [-0.1, -0.05) is 23.1 Å². The minimum Gasteiger partial charge on any atom is -0.294 e. The quantitative estimate of drug-likeness (QED) is 0.489. The van der Waals surface area contributed by atoms with E-state index in [2.05, 4.69) is 10.2 Å². The van der Waals surface area contributed by atoms with Gasteiger partial charge in [-0.3, -0.25) is 14.9 Å². The maximum Gasteiger partial charge on any atom is 0.280 e. The number of benzene rings is 1. The van der Waals surface area contributed by atoms with Crippen molar-refractivity contribution in [2.24, 2.45) is 0 Å². The van der Waals surface area contributed by atoms with Crippen molar-refractivity contribution in [3.63, 3.8) is 0 Å². The Morgan fingerprint density at radius 2 is 2.16 bits per heavy atom. The number of rotatable bonds is 4. The number of aryl methyl sites for hydroxylation is 1. The summed E-state index contributed by atoms with van der Waals surface area (Å²) in [6.07, 6.45) is 0. The standard InChI is InChI=1S/C11H9N3O3S2/c1-6(15)9-5-8(3-4-10(9)14(16)17)19-11-13-12-7(2)18-11/h3-5H,1-2H3. The van der Waals surface area contributed by atoms with E-state index in [9.17, 15) is 14.9 Å². The highest BCUT2D eigenvalue weighted by Gasteiger charge is 2.18. The molecule has 0 aliphatic carbocycles. The topological polar surface area (TPSA) is 86.0 Å². The number of hydrogen-bond acceptors (Lipinski definition) is 7. The smallest absolute Gasteiger partial charge is 0.280 e. The van der Waals surface area contributed by atoms with E-state index in [1.807, 2.05) is 6.92 Å². The number of nitro benzene ring substituents is 1. The molecule has 19 heavy (non-hydrogen) atoms. The van der Waals surface area contributed by atoms with Gasteiger partial charge < -0.3 is 0 Å². The Kier molecular flexibility index (Phi) is 3.91. The fourth-order valence-corrected chi connectivity index (χ4v) is 3.27. The van der Waals surface area contributed by atoms with Crippen LogP contribution in [0, 0.1) is 17.0 Å². The van der Waals surface area contributed by atoms with E-state index in [0.29, 0.717) is 0 Å². The lowest BCUT2D eigenvalue weighted by Gasteiger charge is -2.02. The fourth-order valence-electron chi connectivity index (χ4n) is 1.44. The van der Waals surface area contributed by atoms with E-state index in [4.69, 9.17) is 0 Å². The van der Waals surface area contributed by atoms with Crippen LogP contribution in [0.15, 0.2) is 27.4 Å². The van der Waals surface area contributed by atoms with Crippen LogP contribution >= 0.6 is 23.1 Å². The van der Waals surface area contributed by atoms with Crippen LogP contribution in [0.1, 0.15) is 22.3 Å². The van der Waals surface area contributed by atoms with E-state index in [1.54, 1.807) is 6.07 Å². The molecule has 2 aromatic rings. The van der Waals surface area contributed by atoms with Crippen molar-refractivity contribution in [1.29, 1.82) is 0 Å². The lowest BCUT2D eigenvalue weighted by molar-refractivity contribution is -0.385. The molecule has 1 aromatic carbocycles. The SMILES string of the molecule is CC(=O)c1cc(Sc2nnc(C)s2)ccc1[N+](=O)[O-]. The van der Waals surface area contributed by atoms with Crippen molar-refractivity contribution >= 4 is 34.6 Å². The number of hydrogen-bond donors (Lipinski definition) is 0. The zero-order valence-electron chi connectivity index (χ0n) is 10.1. The first-order valence-electron chi connectivity index (χ1n) is 5.24. The third-order valence-corrected chi connectivity index (χ3v) is 4.14. The van der Waals surface area contributed by atoms with E-state index in [1.165, 1.54) is 42.2 Å². The molecule has 0 aliphatic heterocycles. The van der Waals surface area contributed by atoms with E-state index < -0.39 is 4.92 Å². The van der Waals surface area contributed by atoms with Gasteiger partial charge in [-0.25, -0.2) is 0 Å². The molecular formula is C11H9N3O3S2. The van der Waals surface area contributed by atoms with Crippen molar-refractivity contribution in [1.82, 2.24) is 10.2 Å². The predicted molar refractivity (Wildman–Crippen MR) is 71.9 cm³/mol. The molecule has 0 N–H and O–H groups in total. The maximum absolute atomic E-state index is 11.4. The Morgan fingerprint density at radius 1 is 1.42 bits per heavy atom. The normalized spacial score (nSPS) is 10.4. The molecule has 0 radical (unpaired) electrons. The molecule has 98 valence electrons. The van der Waals surface area contributed by atoms with Crippen LogP contribution in [0.3, 0.4) is 0 Å². The summed E-state index contributed by atoms with van der Waals surface area (Å²) in [5, 5.41) is 19.5. The second kappa shape index (κ2) is 5.45. The number of Topliss-reactive ketones (excluding diaryl/α,β-unsaturated/α-hetero) is 1. The molecule has 0 unspecified atom stereocenters. The highest BCUT2D eigenvalue weighted by molar-refractivity contribution is 8.01. The Morgan fingerprint density at radius 3 is 2.68 bits per heavy atom. The molecule has 0 saturated carbocycles. The lowest BCUT2D eigenvalue weighted by atomic mass is 10.1. The number of nitrogens with zero attached hydrogens (tertiary/aromatic N) is 3. The lowest BCUT2D eigenvalue weighted by Crippen LogP contribution is -2.00. The molecule has 8 heteroatoms. The summed E-state index contributed by atoms with van der Waals surface area (Å²) < 4.78 is 0.737. The number of nitro groups is 1. The predicted octanol–water partition coefficient (Wildman–Crippen LogP) is 3.11. The Hall–Kier alpha value is -1.80. The third-order valence-electron chi connectivity index (χ3n) is 2.26.